The smallest absolute Gasteiger partial charge is 0.196 e. The number of furan rings is 1. The van der Waals surface area contributed by atoms with E-state index in [-0.39, 0.29) is 0 Å². The second kappa shape index (κ2) is 5.34. The summed E-state index contributed by atoms with van der Waals surface area (Å²) in [5.41, 5.74) is 1.29. The Morgan fingerprint density at radius 3 is 2.59 bits per heavy atom. The third kappa shape index (κ3) is 2.97. The minimum atomic E-state index is 0.367. The highest BCUT2D eigenvalue weighted by molar-refractivity contribution is 5.71. The lowest BCUT2D eigenvalue weighted by atomic mass is 10.1. The van der Waals surface area contributed by atoms with Crippen LogP contribution in [-0.2, 0) is 6.42 Å². The Balaban J connectivity index is 1.93. The predicted molar refractivity (Wildman–Crippen MR) is 67.5 cm³/mol. The molecule has 0 aliphatic heterocycles. The van der Waals surface area contributed by atoms with Gasteiger partial charge in [0.05, 0.1) is 0 Å². The molecule has 3 heteroatoms. The van der Waals surface area contributed by atoms with Gasteiger partial charge in [-0.2, -0.15) is 0 Å². The average Bonchev–Trinajstić information content (AvgIpc) is 2.86. The molecule has 0 saturated heterocycles. The van der Waals surface area contributed by atoms with E-state index in [1.807, 2.05) is 36.2 Å². The first-order valence-electron chi connectivity index (χ1n) is 5.59. The van der Waals surface area contributed by atoms with Crippen molar-refractivity contribution in [3.05, 3.63) is 53.8 Å². The van der Waals surface area contributed by atoms with Crippen LogP contribution in [0.15, 0.2) is 46.9 Å². The van der Waals surface area contributed by atoms with Crippen LogP contribution in [0.1, 0.15) is 16.1 Å². The van der Waals surface area contributed by atoms with Crippen LogP contribution >= 0.6 is 0 Å². The number of rotatable bonds is 5. The summed E-state index contributed by atoms with van der Waals surface area (Å²) < 4.78 is 5.34. The Hall–Kier alpha value is -2.03. The minimum Gasteiger partial charge on any atom is -0.438 e. The fourth-order valence-electron chi connectivity index (χ4n) is 1.66. The second-order valence-corrected chi connectivity index (χ2v) is 3.95. The highest BCUT2D eigenvalue weighted by Crippen LogP contribution is 2.16. The van der Waals surface area contributed by atoms with Gasteiger partial charge in [-0.05, 0) is 18.1 Å². The highest BCUT2D eigenvalue weighted by atomic mass is 16.4. The molecule has 2 rings (SSSR count). The third-order valence-electron chi connectivity index (χ3n) is 2.68. The predicted octanol–water partition coefficient (Wildman–Crippen LogP) is 2.77. The lowest BCUT2D eigenvalue weighted by molar-refractivity contribution is 0.110. The Bertz CT molecular complexity index is 476. The molecule has 3 nitrogen and oxygen atoms in total. The number of benzene rings is 1. The molecule has 0 unspecified atom stereocenters. The van der Waals surface area contributed by atoms with Gasteiger partial charge in [-0.25, -0.2) is 0 Å². The molecule has 0 aliphatic carbocycles. The normalized spacial score (nSPS) is 10.2. The molecule has 1 aromatic heterocycles. The Morgan fingerprint density at radius 2 is 1.94 bits per heavy atom. The van der Waals surface area contributed by atoms with Gasteiger partial charge < -0.3 is 9.32 Å². The Labute approximate surface area is 101 Å². The molecule has 0 amide bonds. The molecule has 1 heterocycles. The third-order valence-corrected chi connectivity index (χ3v) is 2.68. The molecule has 0 radical (unpaired) electrons. The molecule has 0 bridgehead atoms. The molecule has 17 heavy (non-hydrogen) atoms. The lowest BCUT2D eigenvalue weighted by Crippen LogP contribution is -2.19. The molecule has 88 valence electrons. The number of anilines is 1. The van der Waals surface area contributed by atoms with Crippen LogP contribution < -0.4 is 4.90 Å². The number of nitrogens with zero attached hydrogens (tertiary/aromatic N) is 1. The fourth-order valence-corrected chi connectivity index (χ4v) is 1.66. The molecular weight excluding hydrogens is 214 g/mol. The number of aldehydes is 1. The minimum absolute atomic E-state index is 0.367. The van der Waals surface area contributed by atoms with Gasteiger partial charge in [-0.15, -0.1) is 0 Å². The molecule has 0 N–H and O–H groups in total. The molecule has 2 aromatic rings. The van der Waals surface area contributed by atoms with Gasteiger partial charge in [-0.1, -0.05) is 30.3 Å². The Morgan fingerprint density at radius 1 is 1.18 bits per heavy atom. The van der Waals surface area contributed by atoms with Gasteiger partial charge in [-0.3, -0.25) is 4.79 Å². The fraction of sp³-hybridized carbons (Fsp3) is 0.214. The maximum absolute atomic E-state index is 10.5. The van der Waals surface area contributed by atoms with E-state index in [4.69, 9.17) is 4.42 Å². The molecule has 0 saturated carbocycles. The van der Waals surface area contributed by atoms with Gasteiger partial charge in [0.15, 0.2) is 17.9 Å². The summed E-state index contributed by atoms with van der Waals surface area (Å²) in [5, 5.41) is 0. The highest BCUT2D eigenvalue weighted by Gasteiger charge is 2.06. The Kier molecular flexibility index (Phi) is 3.60. The first-order valence-corrected chi connectivity index (χ1v) is 5.59. The van der Waals surface area contributed by atoms with Crippen molar-refractivity contribution in [3.8, 4) is 0 Å². The summed E-state index contributed by atoms with van der Waals surface area (Å²) in [6, 6.07) is 13.8. The maximum Gasteiger partial charge on any atom is 0.196 e. The van der Waals surface area contributed by atoms with E-state index in [2.05, 4.69) is 12.1 Å². The largest absolute Gasteiger partial charge is 0.438 e. The van der Waals surface area contributed by atoms with Crippen LogP contribution in [0, 0.1) is 0 Å². The van der Waals surface area contributed by atoms with Crippen LogP contribution in [0.25, 0.3) is 0 Å². The zero-order chi connectivity index (χ0) is 12.1. The molecule has 0 atom stereocenters. The number of carbonyl (C=O) groups is 1. The zero-order valence-electron chi connectivity index (χ0n) is 9.80. The maximum atomic E-state index is 10.5. The van der Waals surface area contributed by atoms with E-state index in [0.29, 0.717) is 12.0 Å². The van der Waals surface area contributed by atoms with E-state index in [1.54, 1.807) is 6.07 Å². The van der Waals surface area contributed by atoms with E-state index in [9.17, 15) is 4.79 Å². The summed E-state index contributed by atoms with van der Waals surface area (Å²) >= 11 is 0. The van der Waals surface area contributed by atoms with Crippen molar-refractivity contribution in [3.63, 3.8) is 0 Å². The zero-order valence-corrected chi connectivity index (χ0v) is 9.80. The van der Waals surface area contributed by atoms with Gasteiger partial charge >= 0.3 is 0 Å². The first-order chi connectivity index (χ1) is 8.29. The molecule has 0 fully saturated rings. The SMILES string of the molecule is CN(CCc1ccccc1)c1ccc(C=O)o1. The van der Waals surface area contributed by atoms with Crippen LogP contribution in [0.3, 0.4) is 0 Å². The van der Waals surface area contributed by atoms with Gasteiger partial charge in [0.2, 0.25) is 0 Å². The summed E-state index contributed by atoms with van der Waals surface area (Å²) in [4.78, 5) is 12.5. The van der Waals surface area contributed by atoms with Crippen molar-refractivity contribution >= 4 is 12.2 Å². The van der Waals surface area contributed by atoms with Gasteiger partial charge in [0.1, 0.15) is 0 Å². The summed E-state index contributed by atoms with van der Waals surface area (Å²) in [6.45, 7) is 0.857. The van der Waals surface area contributed by atoms with Gasteiger partial charge in [0, 0.05) is 19.7 Å². The molecule has 0 spiro atoms. The monoisotopic (exact) mass is 229 g/mol. The van der Waals surface area contributed by atoms with E-state index < -0.39 is 0 Å². The van der Waals surface area contributed by atoms with E-state index in [1.165, 1.54) is 5.56 Å². The molecule has 0 aliphatic rings. The molecule has 1 aromatic carbocycles. The average molecular weight is 229 g/mol. The van der Waals surface area contributed by atoms with E-state index in [0.717, 1.165) is 18.8 Å². The van der Waals surface area contributed by atoms with Crippen molar-refractivity contribution in [2.24, 2.45) is 0 Å². The van der Waals surface area contributed by atoms with Crippen molar-refractivity contribution in [2.45, 2.75) is 6.42 Å². The van der Waals surface area contributed by atoms with Crippen LogP contribution in [0.4, 0.5) is 5.88 Å². The first kappa shape index (κ1) is 11.5. The van der Waals surface area contributed by atoms with Crippen LogP contribution in [-0.4, -0.2) is 19.9 Å². The van der Waals surface area contributed by atoms with Gasteiger partial charge in [0.25, 0.3) is 0 Å². The topological polar surface area (TPSA) is 33.5 Å². The summed E-state index contributed by atoms with van der Waals surface area (Å²) in [7, 11) is 1.95. The van der Waals surface area contributed by atoms with Crippen LogP contribution in [0.2, 0.25) is 0 Å². The second-order valence-electron chi connectivity index (χ2n) is 3.95. The van der Waals surface area contributed by atoms with Crippen molar-refractivity contribution in [1.82, 2.24) is 0 Å². The van der Waals surface area contributed by atoms with Crippen molar-refractivity contribution < 1.29 is 9.21 Å². The van der Waals surface area contributed by atoms with E-state index >= 15 is 0 Å². The van der Waals surface area contributed by atoms with Crippen molar-refractivity contribution in [1.29, 1.82) is 0 Å². The number of carbonyl (C=O) groups excluding carboxylic acids is 1. The number of hydrogen-bond donors (Lipinski definition) is 0. The van der Waals surface area contributed by atoms with Crippen molar-refractivity contribution in [2.75, 3.05) is 18.5 Å². The molecular formula is C14H15NO2. The van der Waals surface area contributed by atoms with Crippen LogP contribution in [0.5, 0.6) is 0 Å². The standard InChI is InChI=1S/C14H15NO2/c1-15(14-8-7-13(11-16)17-14)10-9-12-5-3-2-4-6-12/h2-8,11H,9-10H2,1H3. The summed E-state index contributed by atoms with van der Waals surface area (Å²) in [5.74, 6) is 1.09. The summed E-state index contributed by atoms with van der Waals surface area (Å²) in [6.07, 6.45) is 1.67. The number of likely N-dealkylation sites (N-methyl/N-ethyl adjacent to an activating group) is 1. The lowest BCUT2D eigenvalue weighted by Gasteiger charge is -2.15. The number of hydrogen-bond acceptors (Lipinski definition) is 3. The quantitative estimate of drug-likeness (QED) is 0.739.